The van der Waals surface area contributed by atoms with Crippen LogP contribution >= 0.6 is 11.3 Å². The molecule has 0 aliphatic heterocycles. The second-order valence-corrected chi connectivity index (χ2v) is 6.02. The summed E-state index contributed by atoms with van der Waals surface area (Å²) >= 11 is 1.87. The van der Waals surface area contributed by atoms with E-state index in [-0.39, 0.29) is 5.97 Å². The maximum atomic E-state index is 10.9. The fraction of sp³-hybridized carbons (Fsp3) is 0.688. The lowest BCUT2D eigenvalue weighted by molar-refractivity contribution is -0.140. The number of methoxy groups -OCH3 is 1. The molecule has 0 aliphatic rings. The van der Waals surface area contributed by atoms with Crippen molar-refractivity contribution in [3.05, 3.63) is 22.4 Å². The van der Waals surface area contributed by atoms with Crippen molar-refractivity contribution in [2.75, 3.05) is 7.11 Å². The summed E-state index contributed by atoms with van der Waals surface area (Å²) in [5, 5.41) is 2.16. The van der Waals surface area contributed by atoms with Crippen LogP contribution in [0.4, 0.5) is 0 Å². The van der Waals surface area contributed by atoms with E-state index >= 15 is 0 Å². The zero-order chi connectivity index (χ0) is 13.8. The zero-order valence-electron chi connectivity index (χ0n) is 12.0. The van der Waals surface area contributed by atoms with Gasteiger partial charge >= 0.3 is 5.97 Å². The van der Waals surface area contributed by atoms with Crippen molar-refractivity contribution in [1.82, 2.24) is 0 Å². The summed E-state index contributed by atoms with van der Waals surface area (Å²) in [7, 11) is 1.46. The number of esters is 1. The molecule has 1 aromatic heterocycles. The number of unbranched alkanes of at least 4 members (excludes halogenated alkanes) is 7. The average molecular weight is 282 g/mol. The Hall–Kier alpha value is -0.830. The highest BCUT2D eigenvalue weighted by molar-refractivity contribution is 7.09. The Morgan fingerprint density at radius 1 is 1.05 bits per heavy atom. The molecular weight excluding hydrogens is 256 g/mol. The molecule has 0 radical (unpaired) electrons. The Bertz CT molecular complexity index is 319. The molecule has 2 nitrogen and oxygen atoms in total. The first-order valence-electron chi connectivity index (χ1n) is 7.42. The van der Waals surface area contributed by atoms with E-state index in [2.05, 4.69) is 22.2 Å². The van der Waals surface area contributed by atoms with Crippen LogP contribution in [-0.4, -0.2) is 13.1 Å². The van der Waals surface area contributed by atoms with Gasteiger partial charge in [-0.05, 0) is 30.7 Å². The Balaban J connectivity index is 1.77. The van der Waals surface area contributed by atoms with Gasteiger partial charge in [0.15, 0.2) is 0 Å². The molecule has 0 amide bonds. The molecule has 108 valence electrons. The molecule has 0 bridgehead atoms. The summed E-state index contributed by atoms with van der Waals surface area (Å²) in [6.45, 7) is 0. The van der Waals surface area contributed by atoms with E-state index in [1.807, 2.05) is 11.3 Å². The quantitative estimate of drug-likeness (QED) is 0.423. The molecule has 3 heteroatoms. The van der Waals surface area contributed by atoms with E-state index in [1.54, 1.807) is 0 Å². The lowest BCUT2D eigenvalue weighted by atomic mass is 10.1. The van der Waals surface area contributed by atoms with Crippen molar-refractivity contribution < 1.29 is 9.53 Å². The van der Waals surface area contributed by atoms with E-state index in [1.165, 1.54) is 56.9 Å². The summed E-state index contributed by atoms with van der Waals surface area (Å²) in [6.07, 6.45) is 11.9. The summed E-state index contributed by atoms with van der Waals surface area (Å²) in [5.41, 5.74) is 0. The normalized spacial score (nSPS) is 10.6. The van der Waals surface area contributed by atoms with Crippen LogP contribution in [0.3, 0.4) is 0 Å². The van der Waals surface area contributed by atoms with E-state index in [9.17, 15) is 4.79 Å². The van der Waals surface area contributed by atoms with E-state index in [0.717, 1.165) is 12.8 Å². The second-order valence-electron chi connectivity index (χ2n) is 4.98. The number of rotatable bonds is 11. The maximum Gasteiger partial charge on any atom is 0.305 e. The monoisotopic (exact) mass is 282 g/mol. The number of carbonyl (C=O) groups excluding carboxylic acids is 1. The van der Waals surface area contributed by atoms with Crippen LogP contribution < -0.4 is 0 Å². The molecule has 1 aromatic rings. The molecule has 0 N–H and O–H groups in total. The van der Waals surface area contributed by atoms with Gasteiger partial charge in [0.25, 0.3) is 0 Å². The second kappa shape index (κ2) is 11.0. The Labute approximate surface area is 121 Å². The number of thiophene rings is 1. The van der Waals surface area contributed by atoms with Crippen LogP contribution in [0.15, 0.2) is 17.5 Å². The van der Waals surface area contributed by atoms with Gasteiger partial charge in [-0.25, -0.2) is 0 Å². The highest BCUT2D eigenvalue weighted by Gasteiger charge is 1.99. The van der Waals surface area contributed by atoms with Crippen molar-refractivity contribution in [2.45, 2.75) is 64.2 Å². The number of hydrogen-bond acceptors (Lipinski definition) is 3. The lowest BCUT2D eigenvalue weighted by Crippen LogP contribution is -1.99. The fourth-order valence-corrected chi connectivity index (χ4v) is 2.94. The first-order chi connectivity index (χ1) is 9.33. The number of hydrogen-bond donors (Lipinski definition) is 0. The van der Waals surface area contributed by atoms with Crippen molar-refractivity contribution in [3.63, 3.8) is 0 Å². The minimum atomic E-state index is -0.0754. The summed E-state index contributed by atoms with van der Waals surface area (Å²) < 4.78 is 4.61. The van der Waals surface area contributed by atoms with Crippen LogP contribution in [0.5, 0.6) is 0 Å². The standard InChI is InChI=1S/C16H26O2S/c1-18-16(17)13-9-7-5-3-2-4-6-8-11-15-12-10-14-19-15/h10,12,14H,2-9,11,13H2,1H3. The largest absolute Gasteiger partial charge is 0.469 e. The minimum absolute atomic E-state index is 0.0754. The van der Waals surface area contributed by atoms with Crippen molar-refractivity contribution >= 4 is 17.3 Å². The van der Waals surface area contributed by atoms with Gasteiger partial charge in [0.2, 0.25) is 0 Å². The number of ether oxygens (including phenoxy) is 1. The summed E-state index contributed by atoms with van der Waals surface area (Å²) in [4.78, 5) is 12.4. The van der Waals surface area contributed by atoms with Gasteiger partial charge < -0.3 is 4.74 Å². The third kappa shape index (κ3) is 8.82. The minimum Gasteiger partial charge on any atom is -0.469 e. The third-order valence-electron chi connectivity index (χ3n) is 3.36. The topological polar surface area (TPSA) is 26.3 Å². The summed E-state index contributed by atoms with van der Waals surface area (Å²) in [6, 6.07) is 4.36. The molecule has 0 spiro atoms. The molecule has 0 saturated carbocycles. The van der Waals surface area contributed by atoms with Gasteiger partial charge in [-0.3, -0.25) is 4.79 Å². The van der Waals surface area contributed by atoms with E-state index in [4.69, 9.17) is 0 Å². The lowest BCUT2D eigenvalue weighted by Gasteiger charge is -2.02. The van der Waals surface area contributed by atoms with Crippen LogP contribution in [-0.2, 0) is 16.0 Å². The molecule has 0 aromatic carbocycles. The van der Waals surface area contributed by atoms with E-state index in [0.29, 0.717) is 6.42 Å². The first-order valence-corrected chi connectivity index (χ1v) is 8.30. The Kier molecular flexibility index (Phi) is 9.42. The predicted octanol–water partition coefficient (Wildman–Crippen LogP) is 4.97. The number of aryl methyl sites for hydroxylation is 1. The predicted molar refractivity (Wildman–Crippen MR) is 81.6 cm³/mol. The van der Waals surface area contributed by atoms with Gasteiger partial charge in [0.1, 0.15) is 0 Å². The molecule has 0 fully saturated rings. The number of carbonyl (C=O) groups is 1. The van der Waals surface area contributed by atoms with Crippen molar-refractivity contribution in [3.8, 4) is 0 Å². The molecule has 0 aliphatic carbocycles. The van der Waals surface area contributed by atoms with Gasteiger partial charge in [-0.1, -0.05) is 44.6 Å². The molecular formula is C16H26O2S. The van der Waals surface area contributed by atoms with Gasteiger partial charge in [0.05, 0.1) is 7.11 Å². The Morgan fingerprint density at radius 3 is 2.26 bits per heavy atom. The Morgan fingerprint density at radius 2 is 1.68 bits per heavy atom. The van der Waals surface area contributed by atoms with Crippen molar-refractivity contribution in [2.24, 2.45) is 0 Å². The molecule has 0 atom stereocenters. The van der Waals surface area contributed by atoms with Crippen LogP contribution in [0.1, 0.15) is 62.7 Å². The molecule has 1 rings (SSSR count). The average Bonchev–Trinajstić information content (AvgIpc) is 2.93. The highest BCUT2D eigenvalue weighted by Crippen LogP contribution is 2.14. The van der Waals surface area contributed by atoms with Gasteiger partial charge in [0, 0.05) is 11.3 Å². The van der Waals surface area contributed by atoms with Gasteiger partial charge in [-0.2, -0.15) is 0 Å². The van der Waals surface area contributed by atoms with E-state index < -0.39 is 0 Å². The smallest absolute Gasteiger partial charge is 0.305 e. The molecule has 1 heterocycles. The highest BCUT2D eigenvalue weighted by atomic mass is 32.1. The fourth-order valence-electron chi connectivity index (χ4n) is 2.19. The molecule has 0 saturated heterocycles. The van der Waals surface area contributed by atoms with Crippen LogP contribution in [0, 0.1) is 0 Å². The zero-order valence-corrected chi connectivity index (χ0v) is 12.8. The molecule has 19 heavy (non-hydrogen) atoms. The SMILES string of the molecule is COC(=O)CCCCCCCCCCc1cccs1. The van der Waals surface area contributed by atoms with Crippen LogP contribution in [0.2, 0.25) is 0 Å². The van der Waals surface area contributed by atoms with Gasteiger partial charge in [-0.15, -0.1) is 11.3 Å². The van der Waals surface area contributed by atoms with Crippen LogP contribution in [0.25, 0.3) is 0 Å². The third-order valence-corrected chi connectivity index (χ3v) is 4.30. The molecule has 0 unspecified atom stereocenters. The van der Waals surface area contributed by atoms with Crippen molar-refractivity contribution in [1.29, 1.82) is 0 Å². The first kappa shape index (κ1) is 16.2. The summed E-state index contributed by atoms with van der Waals surface area (Å²) in [5.74, 6) is -0.0754. The maximum absolute atomic E-state index is 10.9.